The van der Waals surface area contributed by atoms with Crippen molar-refractivity contribution in [2.45, 2.75) is 26.8 Å². The van der Waals surface area contributed by atoms with Gasteiger partial charge in [-0.1, -0.05) is 20.8 Å². The Morgan fingerprint density at radius 3 is 2.77 bits per heavy atom. The van der Waals surface area contributed by atoms with Gasteiger partial charge in [0.2, 0.25) is 5.91 Å². The Bertz CT molecular complexity index is 226. The molecule has 1 N–H and O–H groups in total. The van der Waals surface area contributed by atoms with Crippen molar-refractivity contribution in [1.29, 1.82) is 0 Å². The summed E-state index contributed by atoms with van der Waals surface area (Å²) in [6, 6.07) is -0.160. The molecule has 0 aromatic rings. The first-order valence-corrected chi connectivity index (χ1v) is 5.76. The van der Waals surface area contributed by atoms with Gasteiger partial charge < -0.3 is 5.32 Å². The van der Waals surface area contributed by atoms with Crippen LogP contribution in [0.15, 0.2) is 4.99 Å². The predicted molar refractivity (Wildman–Crippen MR) is 57.2 cm³/mol. The average molecular weight is 200 g/mol. The zero-order valence-corrected chi connectivity index (χ0v) is 9.15. The lowest BCUT2D eigenvalue weighted by Gasteiger charge is -2.06. The number of rotatable bonds is 4. The van der Waals surface area contributed by atoms with E-state index in [2.05, 4.69) is 17.2 Å². The topological polar surface area (TPSA) is 41.5 Å². The summed E-state index contributed by atoms with van der Waals surface area (Å²) >= 11 is 1.78. The van der Waals surface area contributed by atoms with Crippen LogP contribution in [0.1, 0.15) is 20.8 Å². The van der Waals surface area contributed by atoms with Crippen LogP contribution < -0.4 is 5.32 Å². The number of hydrogen-bond acceptors (Lipinski definition) is 3. The Hall–Kier alpha value is -0.510. The lowest BCUT2D eigenvalue weighted by Crippen LogP contribution is -2.31. The molecule has 0 bridgehead atoms. The van der Waals surface area contributed by atoms with Crippen molar-refractivity contribution in [3.05, 3.63) is 0 Å². The predicted octanol–water partition coefficient (Wildman–Crippen LogP) is 1.29. The summed E-state index contributed by atoms with van der Waals surface area (Å²) in [7, 11) is 0. The third-order valence-electron chi connectivity index (χ3n) is 1.91. The number of carbonyl (C=O) groups excluding carboxylic acids is 1. The third-order valence-corrected chi connectivity index (χ3v) is 2.79. The fourth-order valence-electron chi connectivity index (χ4n) is 1.20. The molecule has 74 valence electrons. The maximum atomic E-state index is 11.4. The van der Waals surface area contributed by atoms with E-state index in [0.717, 1.165) is 17.3 Å². The Balaban J connectivity index is 2.51. The molecule has 0 spiro atoms. The zero-order valence-electron chi connectivity index (χ0n) is 8.33. The number of aliphatic imine (C=N–C) groups is 1. The summed E-state index contributed by atoms with van der Waals surface area (Å²) in [6.45, 7) is 6.13. The summed E-state index contributed by atoms with van der Waals surface area (Å²) in [5.41, 5.74) is 0. The van der Waals surface area contributed by atoms with E-state index in [4.69, 9.17) is 0 Å². The van der Waals surface area contributed by atoms with Crippen LogP contribution in [0.5, 0.6) is 0 Å². The fraction of sp³-hybridized carbons (Fsp3) is 0.778. The summed E-state index contributed by atoms with van der Waals surface area (Å²) in [4.78, 5) is 15.7. The van der Waals surface area contributed by atoms with Crippen molar-refractivity contribution in [3.63, 3.8) is 0 Å². The molecule has 13 heavy (non-hydrogen) atoms. The van der Waals surface area contributed by atoms with Crippen LogP contribution in [0, 0.1) is 5.92 Å². The molecule has 0 fully saturated rings. The number of carbonyl (C=O) groups is 1. The van der Waals surface area contributed by atoms with Gasteiger partial charge in [0.05, 0.1) is 5.75 Å². The van der Waals surface area contributed by atoms with Crippen molar-refractivity contribution < 1.29 is 4.79 Å². The molecule has 0 saturated carbocycles. The molecule has 1 rings (SSSR count). The first-order valence-electron chi connectivity index (χ1n) is 4.60. The molecule has 3 nitrogen and oxygen atoms in total. The van der Waals surface area contributed by atoms with Crippen LogP contribution in [0.2, 0.25) is 0 Å². The van der Waals surface area contributed by atoms with Crippen molar-refractivity contribution in [3.8, 4) is 0 Å². The van der Waals surface area contributed by atoms with E-state index in [9.17, 15) is 4.79 Å². The standard InChI is InChI=1S/C9H16N2OS/c1-4-13-5-7-10-8(6(2)3)9(12)11-7/h6,8H,4-5H2,1-3H3,(H,10,11,12). The Labute approximate surface area is 83.4 Å². The van der Waals surface area contributed by atoms with Crippen molar-refractivity contribution in [2.24, 2.45) is 10.9 Å². The van der Waals surface area contributed by atoms with Gasteiger partial charge in [0.1, 0.15) is 11.9 Å². The summed E-state index contributed by atoms with van der Waals surface area (Å²) in [5.74, 6) is 3.08. The SMILES string of the molecule is CCSCC1=NC(C(C)C)C(=O)N1. The molecule has 0 radical (unpaired) electrons. The minimum atomic E-state index is -0.160. The van der Waals surface area contributed by atoms with Gasteiger partial charge >= 0.3 is 0 Å². The number of amidine groups is 1. The normalized spacial score (nSPS) is 22.0. The lowest BCUT2D eigenvalue weighted by atomic mass is 10.1. The van der Waals surface area contributed by atoms with Gasteiger partial charge in [-0.25, -0.2) is 0 Å². The van der Waals surface area contributed by atoms with E-state index in [1.807, 2.05) is 13.8 Å². The zero-order chi connectivity index (χ0) is 9.84. The van der Waals surface area contributed by atoms with Gasteiger partial charge in [-0.2, -0.15) is 11.8 Å². The van der Waals surface area contributed by atoms with E-state index in [0.29, 0.717) is 5.92 Å². The Morgan fingerprint density at radius 1 is 1.62 bits per heavy atom. The second-order valence-electron chi connectivity index (χ2n) is 3.39. The van der Waals surface area contributed by atoms with E-state index in [1.54, 1.807) is 11.8 Å². The largest absolute Gasteiger partial charge is 0.312 e. The van der Waals surface area contributed by atoms with Crippen molar-refractivity contribution in [1.82, 2.24) is 5.32 Å². The highest BCUT2D eigenvalue weighted by Crippen LogP contribution is 2.12. The molecule has 0 aromatic carbocycles. The fourth-order valence-corrected chi connectivity index (χ4v) is 1.74. The summed E-state index contributed by atoms with van der Waals surface area (Å²) in [5, 5.41) is 2.81. The van der Waals surface area contributed by atoms with Gasteiger partial charge in [-0.05, 0) is 11.7 Å². The summed E-state index contributed by atoms with van der Waals surface area (Å²) in [6.07, 6.45) is 0. The van der Waals surface area contributed by atoms with E-state index in [-0.39, 0.29) is 11.9 Å². The average Bonchev–Trinajstić information content (AvgIpc) is 2.43. The van der Waals surface area contributed by atoms with Gasteiger partial charge in [0.15, 0.2) is 0 Å². The molecule has 1 unspecified atom stereocenters. The quantitative estimate of drug-likeness (QED) is 0.743. The molecule has 1 atom stereocenters. The lowest BCUT2D eigenvalue weighted by molar-refractivity contribution is -0.120. The van der Waals surface area contributed by atoms with Crippen molar-refractivity contribution in [2.75, 3.05) is 11.5 Å². The monoisotopic (exact) mass is 200 g/mol. The molecule has 4 heteroatoms. The van der Waals surface area contributed by atoms with Crippen LogP contribution in [-0.4, -0.2) is 29.3 Å². The maximum Gasteiger partial charge on any atom is 0.250 e. The molecule has 1 amide bonds. The number of hydrogen-bond donors (Lipinski definition) is 1. The number of nitrogens with one attached hydrogen (secondary N) is 1. The molecule has 0 aromatic heterocycles. The van der Waals surface area contributed by atoms with Crippen molar-refractivity contribution >= 4 is 23.5 Å². The number of nitrogens with zero attached hydrogens (tertiary/aromatic N) is 1. The minimum absolute atomic E-state index is 0.0571. The van der Waals surface area contributed by atoms with Gasteiger partial charge in [-0.3, -0.25) is 9.79 Å². The highest BCUT2D eigenvalue weighted by Gasteiger charge is 2.28. The summed E-state index contributed by atoms with van der Waals surface area (Å²) < 4.78 is 0. The molecule has 1 aliphatic rings. The van der Waals surface area contributed by atoms with E-state index < -0.39 is 0 Å². The smallest absolute Gasteiger partial charge is 0.250 e. The molecule has 0 saturated heterocycles. The van der Waals surface area contributed by atoms with Crippen LogP contribution >= 0.6 is 11.8 Å². The van der Waals surface area contributed by atoms with E-state index >= 15 is 0 Å². The van der Waals surface area contributed by atoms with E-state index in [1.165, 1.54) is 0 Å². The number of thioether (sulfide) groups is 1. The van der Waals surface area contributed by atoms with Gasteiger partial charge in [0.25, 0.3) is 0 Å². The maximum absolute atomic E-state index is 11.4. The second kappa shape index (κ2) is 4.65. The Morgan fingerprint density at radius 2 is 2.31 bits per heavy atom. The molecular formula is C9H16N2OS. The van der Waals surface area contributed by atoms with Crippen LogP contribution in [-0.2, 0) is 4.79 Å². The third kappa shape index (κ3) is 2.72. The highest BCUT2D eigenvalue weighted by atomic mass is 32.2. The van der Waals surface area contributed by atoms with Crippen LogP contribution in [0.3, 0.4) is 0 Å². The minimum Gasteiger partial charge on any atom is -0.312 e. The first kappa shape index (κ1) is 10.6. The second-order valence-corrected chi connectivity index (χ2v) is 4.67. The molecule has 1 heterocycles. The number of amides is 1. The van der Waals surface area contributed by atoms with Gasteiger partial charge in [0, 0.05) is 0 Å². The first-order chi connectivity index (χ1) is 6.15. The van der Waals surface area contributed by atoms with Gasteiger partial charge in [-0.15, -0.1) is 0 Å². The Kier molecular flexibility index (Phi) is 3.78. The highest BCUT2D eigenvalue weighted by molar-refractivity contribution is 7.99. The molecular weight excluding hydrogens is 184 g/mol. The van der Waals surface area contributed by atoms with Crippen LogP contribution in [0.4, 0.5) is 0 Å². The molecule has 1 aliphatic heterocycles. The molecule has 0 aliphatic carbocycles. The van der Waals surface area contributed by atoms with Crippen LogP contribution in [0.25, 0.3) is 0 Å².